The number of benzene rings is 2. The number of pyridine rings is 1. The fourth-order valence-corrected chi connectivity index (χ4v) is 3.97. The van der Waals surface area contributed by atoms with Crippen molar-refractivity contribution in [3.63, 3.8) is 0 Å². The number of nitrogens with zero attached hydrogens (tertiary/aromatic N) is 3. The average molecular weight is 434 g/mol. The minimum atomic E-state index is -0.382. The molecule has 7 nitrogen and oxygen atoms in total. The first-order valence-corrected chi connectivity index (χ1v) is 10.9. The number of rotatable bonds is 8. The average Bonchev–Trinajstić information content (AvgIpc) is 2.82. The van der Waals surface area contributed by atoms with Crippen molar-refractivity contribution < 1.29 is 14.4 Å². The van der Waals surface area contributed by atoms with Gasteiger partial charge in [-0.05, 0) is 62.3 Å². The zero-order chi connectivity index (χ0) is 22.3. The number of nitro benzene ring substituents is 1. The molecule has 0 atom stereocenters. The Hall–Kier alpha value is -3.45. The van der Waals surface area contributed by atoms with E-state index >= 15 is 0 Å². The van der Waals surface area contributed by atoms with E-state index in [1.54, 1.807) is 31.4 Å². The third-order valence-corrected chi connectivity index (χ3v) is 5.67. The lowest BCUT2D eigenvalue weighted by Gasteiger charge is -2.26. The first kappa shape index (κ1) is 21.8. The Morgan fingerprint density at radius 3 is 2.62 bits per heavy atom. The van der Waals surface area contributed by atoms with Crippen molar-refractivity contribution in [2.75, 3.05) is 33.4 Å². The van der Waals surface area contributed by atoms with Crippen molar-refractivity contribution in [2.45, 2.75) is 19.3 Å². The second kappa shape index (κ2) is 10.2. The van der Waals surface area contributed by atoms with Crippen molar-refractivity contribution in [2.24, 2.45) is 0 Å². The van der Waals surface area contributed by atoms with E-state index in [9.17, 15) is 10.1 Å². The lowest BCUT2D eigenvalue weighted by atomic mass is 10.1. The first-order valence-electron chi connectivity index (χ1n) is 10.9. The molecule has 1 aliphatic rings. The van der Waals surface area contributed by atoms with Crippen LogP contribution in [0.2, 0.25) is 0 Å². The van der Waals surface area contributed by atoms with Gasteiger partial charge in [0.1, 0.15) is 12.4 Å². The molecule has 7 heteroatoms. The van der Waals surface area contributed by atoms with Crippen molar-refractivity contribution in [1.29, 1.82) is 0 Å². The van der Waals surface area contributed by atoms with Crippen LogP contribution in [0.3, 0.4) is 0 Å². The summed E-state index contributed by atoms with van der Waals surface area (Å²) in [6, 6.07) is 14.6. The van der Waals surface area contributed by atoms with E-state index in [0.717, 1.165) is 36.1 Å². The second-order valence-electron chi connectivity index (χ2n) is 7.84. The molecule has 0 aliphatic carbocycles. The predicted octanol–water partition coefficient (Wildman–Crippen LogP) is 5.19. The molecule has 1 saturated heterocycles. The van der Waals surface area contributed by atoms with Crippen molar-refractivity contribution in [3.8, 4) is 11.6 Å². The maximum Gasteiger partial charge on any atom is 0.276 e. The van der Waals surface area contributed by atoms with Gasteiger partial charge in [-0.1, -0.05) is 24.6 Å². The highest BCUT2D eigenvalue weighted by Crippen LogP contribution is 2.28. The molecule has 0 saturated carbocycles. The number of methoxy groups -OCH3 is 1. The normalized spacial score (nSPS) is 14.7. The van der Waals surface area contributed by atoms with Crippen LogP contribution in [0, 0.1) is 10.1 Å². The molecule has 3 aromatic rings. The maximum absolute atomic E-state index is 11.6. The fourth-order valence-electron chi connectivity index (χ4n) is 3.97. The minimum Gasteiger partial charge on any atom is -0.492 e. The van der Waals surface area contributed by atoms with Crippen LogP contribution in [0.15, 0.2) is 48.5 Å². The topological polar surface area (TPSA) is 77.7 Å². The Labute approximate surface area is 187 Å². The lowest BCUT2D eigenvalue weighted by molar-refractivity contribution is -0.385. The molecule has 4 rings (SSSR count). The molecule has 0 radical (unpaired) electrons. The van der Waals surface area contributed by atoms with E-state index in [-0.39, 0.29) is 10.6 Å². The minimum absolute atomic E-state index is 0.0253. The van der Waals surface area contributed by atoms with Crippen LogP contribution in [-0.4, -0.2) is 48.2 Å². The van der Waals surface area contributed by atoms with E-state index in [1.165, 1.54) is 25.3 Å². The molecule has 0 unspecified atom stereocenters. The first-order chi connectivity index (χ1) is 15.6. The summed E-state index contributed by atoms with van der Waals surface area (Å²) < 4.78 is 11.3. The van der Waals surface area contributed by atoms with Crippen LogP contribution < -0.4 is 9.47 Å². The van der Waals surface area contributed by atoms with Gasteiger partial charge in [-0.2, -0.15) is 0 Å². The molecule has 32 heavy (non-hydrogen) atoms. The predicted molar refractivity (Wildman–Crippen MR) is 126 cm³/mol. The van der Waals surface area contributed by atoms with Gasteiger partial charge in [-0.3, -0.25) is 15.0 Å². The van der Waals surface area contributed by atoms with Crippen LogP contribution in [0.1, 0.15) is 30.4 Å². The third kappa shape index (κ3) is 5.23. The summed E-state index contributed by atoms with van der Waals surface area (Å²) in [6.45, 7) is 3.64. The van der Waals surface area contributed by atoms with Gasteiger partial charge < -0.3 is 9.47 Å². The number of para-hydroxylation sites is 1. The smallest absolute Gasteiger partial charge is 0.276 e. The Balaban J connectivity index is 1.55. The molecule has 0 spiro atoms. The van der Waals surface area contributed by atoms with Gasteiger partial charge >= 0.3 is 0 Å². The van der Waals surface area contributed by atoms with Gasteiger partial charge in [-0.15, -0.1) is 0 Å². The second-order valence-corrected chi connectivity index (χ2v) is 7.84. The summed E-state index contributed by atoms with van der Waals surface area (Å²) in [4.78, 5) is 18.1. The van der Waals surface area contributed by atoms with Crippen LogP contribution in [0.4, 0.5) is 5.69 Å². The molecule has 0 amide bonds. The number of piperidine rings is 1. The highest BCUT2D eigenvalue weighted by Gasteiger charge is 2.14. The zero-order valence-electron chi connectivity index (χ0n) is 18.2. The Morgan fingerprint density at radius 2 is 1.84 bits per heavy atom. The van der Waals surface area contributed by atoms with Gasteiger partial charge in [0.05, 0.1) is 23.1 Å². The number of hydrogen-bond donors (Lipinski definition) is 0. The van der Waals surface area contributed by atoms with Crippen molar-refractivity contribution in [3.05, 3.63) is 69.8 Å². The molecular weight excluding hydrogens is 406 g/mol. The zero-order valence-corrected chi connectivity index (χ0v) is 18.2. The van der Waals surface area contributed by atoms with Gasteiger partial charge in [0, 0.05) is 23.6 Å². The number of likely N-dealkylation sites (tertiary alicyclic amines) is 1. The van der Waals surface area contributed by atoms with E-state index < -0.39 is 0 Å². The summed E-state index contributed by atoms with van der Waals surface area (Å²) >= 11 is 0. The summed E-state index contributed by atoms with van der Waals surface area (Å²) in [6.07, 6.45) is 7.27. The highest BCUT2D eigenvalue weighted by atomic mass is 16.6. The number of aromatic nitrogens is 1. The van der Waals surface area contributed by atoms with Gasteiger partial charge in [0.2, 0.25) is 5.88 Å². The SMILES string of the molecule is COc1nc2ccccc2cc1C=Cc1cc(OCCN2CCCCC2)ccc1[N+](=O)[O-]. The quantitative estimate of drug-likeness (QED) is 0.359. The van der Waals surface area contributed by atoms with Crippen molar-refractivity contribution >= 4 is 28.7 Å². The molecule has 0 N–H and O–H groups in total. The van der Waals surface area contributed by atoms with E-state index in [0.29, 0.717) is 23.8 Å². The summed E-state index contributed by atoms with van der Waals surface area (Å²) in [5.41, 5.74) is 2.08. The largest absolute Gasteiger partial charge is 0.492 e. The number of hydrogen-bond acceptors (Lipinski definition) is 6. The molecule has 2 heterocycles. The molecule has 166 valence electrons. The Morgan fingerprint density at radius 1 is 1.06 bits per heavy atom. The fraction of sp³-hybridized carbons (Fsp3) is 0.320. The summed E-state index contributed by atoms with van der Waals surface area (Å²) in [7, 11) is 1.56. The van der Waals surface area contributed by atoms with E-state index in [1.807, 2.05) is 30.3 Å². The number of ether oxygens (including phenoxy) is 2. The van der Waals surface area contributed by atoms with Crippen LogP contribution in [0.25, 0.3) is 23.1 Å². The Bertz CT molecular complexity index is 1120. The summed E-state index contributed by atoms with van der Waals surface area (Å²) in [5.74, 6) is 1.09. The Kier molecular flexibility index (Phi) is 6.97. The van der Waals surface area contributed by atoms with Gasteiger partial charge in [0.15, 0.2) is 0 Å². The van der Waals surface area contributed by atoms with Crippen LogP contribution in [-0.2, 0) is 0 Å². The van der Waals surface area contributed by atoms with Crippen LogP contribution >= 0.6 is 0 Å². The van der Waals surface area contributed by atoms with Gasteiger partial charge in [-0.25, -0.2) is 4.98 Å². The number of fused-ring (bicyclic) bond motifs is 1. The van der Waals surface area contributed by atoms with E-state index in [2.05, 4.69) is 9.88 Å². The van der Waals surface area contributed by atoms with Crippen molar-refractivity contribution in [1.82, 2.24) is 9.88 Å². The lowest BCUT2D eigenvalue weighted by Crippen LogP contribution is -2.33. The standard InChI is InChI=1S/C25H27N3O4/c1-31-25-21(17-19-7-3-4-8-23(19)26-25)10-9-20-18-22(11-12-24(20)28(29)30)32-16-15-27-13-5-2-6-14-27/h3-4,7-12,17-18H,2,5-6,13-16H2,1H3. The highest BCUT2D eigenvalue weighted by molar-refractivity contribution is 5.85. The monoisotopic (exact) mass is 433 g/mol. The molecule has 1 aliphatic heterocycles. The third-order valence-electron chi connectivity index (χ3n) is 5.67. The molecular formula is C25H27N3O4. The number of nitro groups is 1. The van der Waals surface area contributed by atoms with Crippen LogP contribution in [0.5, 0.6) is 11.6 Å². The molecule has 1 fully saturated rings. The molecule has 1 aromatic heterocycles. The molecule has 0 bridgehead atoms. The van der Waals surface area contributed by atoms with Gasteiger partial charge in [0.25, 0.3) is 5.69 Å². The van der Waals surface area contributed by atoms with E-state index in [4.69, 9.17) is 9.47 Å². The maximum atomic E-state index is 11.6. The summed E-state index contributed by atoms with van der Waals surface area (Å²) in [5, 5.41) is 12.5. The molecule has 2 aromatic carbocycles.